The van der Waals surface area contributed by atoms with Crippen molar-refractivity contribution < 1.29 is 14.6 Å². The van der Waals surface area contributed by atoms with Gasteiger partial charge >= 0.3 is 5.97 Å². The van der Waals surface area contributed by atoms with E-state index in [1.54, 1.807) is 6.08 Å². The summed E-state index contributed by atoms with van der Waals surface area (Å²) in [6.45, 7) is 4.47. The van der Waals surface area contributed by atoms with Crippen LogP contribution in [0.25, 0.3) is 0 Å². The Kier molecular flexibility index (Phi) is 17.5. The molecule has 0 fully saturated rings. The molecule has 25 heavy (non-hydrogen) atoms. The Balaban J connectivity index is 3.65. The molecule has 0 heterocycles. The van der Waals surface area contributed by atoms with Crippen molar-refractivity contribution >= 4 is 5.97 Å². The van der Waals surface area contributed by atoms with Crippen LogP contribution in [0.2, 0.25) is 0 Å². The van der Waals surface area contributed by atoms with Gasteiger partial charge in [-0.15, -0.1) is 0 Å². The molecular weight excluding hydrogens is 312 g/mol. The quantitative estimate of drug-likeness (QED) is 0.180. The van der Waals surface area contributed by atoms with E-state index in [0.717, 1.165) is 19.3 Å². The lowest BCUT2D eigenvalue weighted by Gasteiger charge is -2.00. The number of aliphatic hydroxyl groups excluding tert-OH is 1. The number of allylic oxidation sites excluding steroid dienone is 6. The maximum Gasteiger partial charge on any atom is 0.305 e. The Hall–Kier alpha value is -1.61. The molecule has 1 atom stereocenters. The van der Waals surface area contributed by atoms with Gasteiger partial charge in [-0.3, -0.25) is 4.79 Å². The lowest BCUT2D eigenvalue weighted by Crippen LogP contribution is -2.02. The van der Waals surface area contributed by atoms with E-state index < -0.39 is 6.10 Å². The summed E-state index contributed by atoms with van der Waals surface area (Å²) in [6.07, 6.45) is 24.3. The van der Waals surface area contributed by atoms with Crippen LogP contribution in [-0.2, 0) is 9.53 Å². The third-order valence-corrected chi connectivity index (χ3v) is 3.59. The average Bonchev–Trinajstić information content (AvgIpc) is 2.60. The molecule has 0 aliphatic rings. The minimum Gasteiger partial charge on any atom is -0.466 e. The van der Waals surface area contributed by atoms with Crippen LogP contribution in [0.15, 0.2) is 48.6 Å². The minimum atomic E-state index is -0.462. The van der Waals surface area contributed by atoms with Gasteiger partial charge in [0.2, 0.25) is 0 Å². The number of ether oxygens (including phenoxy) is 1. The summed E-state index contributed by atoms with van der Waals surface area (Å²) in [7, 11) is 0. The Labute approximate surface area is 154 Å². The van der Waals surface area contributed by atoms with Crippen LogP contribution in [0.4, 0.5) is 0 Å². The molecule has 0 saturated heterocycles. The second kappa shape index (κ2) is 18.7. The van der Waals surface area contributed by atoms with Crippen molar-refractivity contribution in [3.63, 3.8) is 0 Å². The van der Waals surface area contributed by atoms with Gasteiger partial charge in [-0.25, -0.2) is 0 Å². The second-order valence-electron chi connectivity index (χ2n) is 5.99. The minimum absolute atomic E-state index is 0.138. The molecule has 0 aliphatic heterocycles. The average molecular weight is 349 g/mol. The topological polar surface area (TPSA) is 46.5 Å². The molecule has 0 amide bonds. The molecule has 0 rings (SSSR count). The molecule has 3 nitrogen and oxygen atoms in total. The number of hydrogen-bond donors (Lipinski definition) is 1. The fourth-order valence-corrected chi connectivity index (χ4v) is 2.18. The molecular formula is C22H36O3. The van der Waals surface area contributed by atoms with Crippen molar-refractivity contribution in [2.75, 3.05) is 6.61 Å². The van der Waals surface area contributed by atoms with E-state index >= 15 is 0 Å². The van der Waals surface area contributed by atoms with Crippen molar-refractivity contribution in [3.8, 4) is 0 Å². The summed E-state index contributed by atoms with van der Waals surface area (Å²) >= 11 is 0. The third kappa shape index (κ3) is 18.6. The summed E-state index contributed by atoms with van der Waals surface area (Å²) in [5, 5.41) is 9.83. The van der Waals surface area contributed by atoms with E-state index in [0.29, 0.717) is 19.4 Å². The van der Waals surface area contributed by atoms with E-state index in [-0.39, 0.29) is 5.97 Å². The van der Waals surface area contributed by atoms with Crippen LogP contribution in [0.1, 0.15) is 71.6 Å². The molecule has 1 N–H and O–H groups in total. The standard InChI is InChI=1S/C22H36O3/c1-3-5-6-7-8-9-10-11-12-15-18-21(23)19-16-13-14-17-20-22(24)25-4-2/h8-9,11-13,15-16,18,21,23H,3-7,10,14,17,19-20H2,1-2H3/b9-8-,12-11-,16-13-,18-15+/t21-/m1/s1. The van der Waals surface area contributed by atoms with Gasteiger partial charge in [-0.05, 0) is 45.4 Å². The summed E-state index contributed by atoms with van der Waals surface area (Å²) in [6, 6.07) is 0. The van der Waals surface area contributed by atoms with E-state index in [1.165, 1.54) is 25.7 Å². The first-order valence-corrected chi connectivity index (χ1v) is 9.67. The predicted octanol–water partition coefficient (Wildman–Crippen LogP) is 5.67. The molecule has 0 aliphatic carbocycles. The van der Waals surface area contributed by atoms with Gasteiger partial charge in [0.1, 0.15) is 0 Å². The van der Waals surface area contributed by atoms with Gasteiger partial charge in [0.15, 0.2) is 0 Å². The third-order valence-electron chi connectivity index (χ3n) is 3.59. The maximum atomic E-state index is 11.1. The predicted molar refractivity (Wildman–Crippen MR) is 106 cm³/mol. The number of hydrogen-bond acceptors (Lipinski definition) is 3. The van der Waals surface area contributed by atoms with Crippen LogP contribution in [0.3, 0.4) is 0 Å². The second-order valence-corrected chi connectivity index (χ2v) is 5.99. The number of esters is 1. The van der Waals surface area contributed by atoms with Crippen LogP contribution in [0.5, 0.6) is 0 Å². The van der Waals surface area contributed by atoms with Crippen LogP contribution >= 0.6 is 0 Å². The first-order valence-electron chi connectivity index (χ1n) is 9.67. The van der Waals surface area contributed by atoms with Crippen molar-refractivity contribution in [1.82, 2.24) is 0 Å². The van der Waals surface area contributed by atoms with Gasteiger partial charge in [-0.2, -0.15) is 0 Å². The Morgan fingerprint density at radius 3 is 2.48 bits per heavy atom. The summed E-state index contributed by atoms with van der Waals surface area (Å²) in [5.41, 5.74) is 0. The van der Waals surface area contributed by atoms with E-state index in [4.69, 9.17) is 4.74 Å². The molecule has 0 spiro atoms. The Morgan fingerprint density at radius 2 is 1.72 bits per heavy atom. The molecule has 142 valence electrons. The monoisotopic (exact) mass is 348 g/mol. The highest BCUT2D eigenvalue weighted by Crippen LogP contribution is 2.03. The Bertz CT molecular complexity index is 419. The number of unbranched alkanes of at least 4 members (excludes halogenated alkanes) is 4. The van der Waals surface area contributed by atoms with Crippen LogP contribution in [-0.4, -0.2) is 23.8 Å². The molecule has 0 radical (unpaired) electrons. The lowest BCUT2D eigenvalue weighted by atomic mass is 10.2. The fraction of sp³-hybridized carbons (Fsp3) is 0.591. The first-order chi connectivity index (χ1) is 12.2. The molecule has 0 aromatic carbocycles. The van der Waals surface area contributed by atoms with Crippen LogP contribution < -0.4 is 0 Å². The molecule has 0 aromatic heterocycles. The van der Waals surface area contributed by atoms with Crippen molar-refractivity contribution in [1.29, 1.82) is 0 Å². The highest BCUT2D eigenvalue weighted by molar-refractivity contribution is 5.69. The van der Waals surface area contributed by atoms with Crippen molar-refractivity contribution in [2.24, 2.45) is 0 Å². The maximum absolute atomic E-state index is 11.1. The highest BCUT2D eigenvalue weighted by atomic mass is 16.5. The van der Waals surface area contributed by atoms with Crippen molar-refractivity contribution in [3.05, 3.63) is 48.6 Å². The molecule has 0 saturated carbocycles. The highest BCUT2D eigenvalue weighted by Gasteiger charge is 1.99. The smallest absolute Gasteiger partial charge is 0.305 e. The zero-order valence-electron chi connectivity index (χ0n) is 16.0. The van der Waals surface area contributed by atoms with Gasteiger partial charge in [0.05, 0.1) is 12.7 Å². The number of aliphatic hydroxyl groups is 1. The lowest BCUT2D eigenvalue weighted by molar-refractivity contribution is -0.143. The van der Waals surface area contributed by atoms with E-state index in [9.17, 15) is 9.90 Å². The fourth-order valence-electron chi connectivity index (χ4n) is 2.18. The zero-order chi connectivity index (χ0) is 18.6. The normalized spacial score (nSPS) is 13.6. The van der Waals surface area contributed by atoms with Crippen LogP contribution in [0, 0.1) is 0 Å². The summed E-state index contributed by atoms with van der Waals surface area (Å²) in [5.74, 6) is -0.138. The number of rotatable bonds is 15. The van der Waals surface area contributed by atoms with Gasteiger partial charge < -0.3 is 9.84 Å². The Morgan fingerprint density at radius 1 is 0.960 bits per heavy atom. The molecule has 0 bridgehead atoms. The van der Waals surface area contributed by atoms with E-state index in [1.807, 2.05) is 31.2 Å². The van der Waals surface area contributed by atoms with Gasteiger partial charge in [0, 0.05) is 6.42 Å². The number of carbonyl (C=O) groups is 1. The summed E-state index contributed by atoms with van der Waals surface area (Å²) < 4.78 is 4.87. The van der Waals surface area contributed by atoms with Crippen molar-refractivity contribution in [2.45, 2.75) is 77.7 Å². The van der Waals surface area contributed by atoms with Gasteiger partial charge in [0.25, 0.3) is 0 Å². The largest absolute Gasteiger partial charge is 0.466 e. The summed E-state index contributed by atoms with van der Waals surface area (Å²) in [4.78, 5) is 11.1. The molecule has 0 unspecified atom stereocenters. The first kappa shape index (κ1) is 23.4. The molecule has 3 heteroatoms. The zero-order valence-corrected chi connectivity index (χ0v) is 16.0. The SMILES string of the molecule is CCCCC/C=C\C/C=C\C=C\[C@@H](O)C/C=C\CCCC(=O)OCC. The molecule has 0 aromatic rings. The number of carbonyl (C=O) groups excluding carboxylic acids is 1. The van der Waals surface area contributed by atoms with Gasteiger partial charge in [-0.1, -0.05) is 68.4 Å². The van der Waals surface area contributed by atoms with E-state index in [2.05, 4.69) is 25.2 Å².